The van der Waals surface area contributed by atoms with Gasteiger partial charge in [0.05, 0.1) is 25.4 Å². The number of methoxy groups -OCH3 is 1. The Labute approximate surface area is 152 Å². The molecule has 26 heavy (non-hydrogen) atoms. The zero-order valence-electron chi connectivity index (χ0n) is 14.7. The second-order valence-corrected chi connectivity index (χ2v) is 6.14. The molecule has 134 valence electrons. The van der Waals surface area contributed by atoms with Crippen molar-refractivity contribution in [1.82, 2.24) is 0 Å². The van der Waals surface area contributed by atoms with Crippen molar-refractivity contribution in [3.63, 3.8) is 0 Å². The number of ether oxygens (including phenoxy) is 3. The third kappa shape index (κ3) is 2.77. The molecule has 2 atom stereocenters. The quantitative estimate of drug-likeness (QED) is 0.790. The van der Waals surface area contributed by atoms with Gasteiger partial charge in [-0.15, -0.1) is 0 Å². The summed E-state index contributed by atoms with van der Waals surface area (Å²) in [6.07, 6.45) is 0.520. The van der Waals surface area contributed by atoms with Crippen LogP contribution in [0.1, 0.15) is 24.9 Å². The van der Waals surface area contributed by atoms with Gasteiger partial charge in [-0.25, -0.2) is 9.79 Å². The van der Waals surface area contributed by atoms with E-state index in [1.807, 2.05) is 53.4 Å². The van der Waals surface area contributed by atoms with Crippen molar-refractivity contribution in [2.75, 3.05) is 18.6 Å². The summed E-state index contributed by atoms with van der Waals surface area (Å²) in [6.45, 7) is 2.13. The van der Waals surface area contributed by atoms with Crippen LogP contribution in [-0.4, -0.2) is 31.7 Å². The molecule has 6 nitrogen and oxygen atoms in total. The zero-order valence-corrected chi connectivity index (χ0v) is 14.7. The van der Waals surface area contributed by atoms with E-state index in [-0.39, 0.29) is 12.0 Å². The van der Waals surface area contributed by atoms with Gasteiger partial charge in [-0.1, -0.05) is 24.3 Å². The topological polar surface area (TPSA) is 60.4 Å². The van der Waals surface area contributed by atoms with Gasteiger partial charge in [0.15, 0.2) is 11.8 Å². The molecule has 2 aromatic rings. The lowest BCUT2D eigenvalue weighted by molar-refractivity contribution is -0.145. The number of anilines is 1. The molecule has 4 rings (SSSR count). The first-order valence-electron chi connectivity index (χ1n) is 8.65. The first-order chi connectivity index (χ1) is 12.7. The van der Waals surface area contributed by atoms with E-state index in [2.05, 4.69) is 4.99 Å². The minimum absolute atomic E-state index is 0.0773. The highest BCUT2D eigenvalue weighted by Crippen LogP contribution is 2.44. The Morgan fingerprint density at radius 3 is 2.73 bits per heavy atom. The SMILES string of the molecule is CCOC(=O)[C@@H]1C[C@H](c2ccc(OC)cc2)N2C(=N1)Oc1ccccc12. The van der Waals surface area contributed by atoms with E-state index < -0.39 is 6.04 Å². The molecule has 0 spiro atoms. The fraction of sp³-hybridized carbons (Fsp3) is 0.300. The van der Waals surface area contributed by atoms with Crippen LogP contribution in [0, 0.1) is 0 Å². The minimum atomic E-state index is -0.581. The average molecular weight is 352 g/mol. The molecule has 0 fully saturated rings. The summed E-state index contributed by atoms with van der Waals surface area (Å²) in [6, 6.07) is 15.4. The molecule has 2 aromatic carbocycles. The summed E-state index contributed by atoms with van der Waals surface area (Å²) in [5, 5.41) is 0. The number of esters is 1. The Balaban J connectivity index is 1.75. The van der Waals surface area contributed by atoms with Crippen molar-refractivity contribution < 1.29 is 19.0 Å². The predicted octanol–water partition coefficient (Wildman–Crippen LogP) is 3.33. The number of aliphatic imine (C=N–C) groups is 1. The molecule has 0 radical (unpaired) electrons. The van der Waals surface area contributed by atoms with E-state index in [9.17, 15) is 4.79 Å². The average Bonchev–Trinajstić information content (AvgIpc) is 3.06. The Hall–Kier alpha value is -3.02. The minimum Gasteiger partial charge on any atom is -0.497 e. The number of amidine groups is 1. The van der Waals surface area contributed by atoms with Crippen molar-refractivity contribution in [2.45, 2.75) is 25.4 Å². The van der Waals surface area contributed by atoms with Crippen molar-refractivity contribution in [2.24, 2.45) is 4.99 Å². The second-order valence-electron chi connectivity index (χ2n) is 6.14. The predicted molar refractivity (Wildman–Crippen MR) is 97.8 cm³/mol. The van der Waals surface area contributed by atoms with Crippen LogP contribution in [0.2, 0.25) is 0 Å². The maximum absolute atomic E-state index is 12.3. The van der Waals surface area contributed by atoms with Crippen LogP contribution in [0.15, 0.2) is 53.5 Å². The Bertz CT molecular complexity index is 847. The number of fused-ring (bicyclic) bond motifs is 3. The van der Waals surface area contributed by atoms with E-state index in [1.165, 1.54) is 0 Å². The first-order valence-corrected chi connectivity index (χ1v) is 8.65. The summed E-state index contributed by atoms with van der Waals surface area (Å²) >= 11 is 0. The number of rotatable bonds is 4. The lowest BCUT2D eigenvalue weighted by Gasteiger charge is -2.34. The van der Waals surface area contributed by atoms with Crippen LogP contribution >= 0.6 is 0 Å². The summed E-state index contributed by atoms with van der Waals surface area (Å²) < 4.78 is 16.4. The zero-order chi connectivity index (χ0) is 18.1. The van der Waals surface area contributed by atoms with Crippen molar-refractivity contribution >= 4 is 17.7 Å². The van der Waals surface area contributed by atoms with Gasteiger partial charge in [0.25, 0.3) is 6.02 Å². The van der Waals surface area contributed by atoms with Gasteiger partial charge in [-0.2, -0.15) is 0 Å². The fourth-order valence-corrected chi connectivity index (χ4v) is 3.38. The molecule has 2 aliphatic heterocycles. The number of benzene rings is 2. The number of carbonyl (C=O) groups excluding carboxylic acids is 1. The smallest absolute Gasteiger partial charge is 0.331 e. The number of hydrogen-bond acceptors (Lipinski definition) is 6. The van der Waals surface area contributed by atoms with Gasteiger partial charge in [-0.3, -0.25) is 4.90 Å². The molecule has 0 aliphatic carbocycles. The Kier molecular flexibility index (Phi) is 4.24. The lowest BCUT2D eigenvalue weighted by Crippen LogP contribution is -2.43. The molecule has 0 aromatic heterocycles. The lowest BCUT2D eigenvalue weighted by atomic mass is 9.96. The Morgan fingerprint density at radius 2 is 2.00 bits per heavy atom. The number of nitrogens with zero attached hydrogens (tertiary/aromatic N) is 2. The highest BCUT2D eigenvalue weighted by molar-refractivity contribution is 6.02. The highest BCUT2D eigenvalue weighted by Gasteiger charge is 2.42. The van der Waals surface area contributed by atoms with Crippen molar-refractivity contribution in [3.05, 3.63) is 54.1 Å². The standard InChI is InChI=1S/C20H20N2O4/c1-3-25-19(23)15-12-17(13-8-10-14(24-2)11-9-13)22-16-6-4-5-7-18(16)26-20(22)21-15/h4-11,15,17H,3,12H2,1-2H3/t15-,17+/m0/s1. The number of carbonyl (C=O) groups is 1. The van der Waals surface area contributed by atoms with Crippen molar-refractivity contribution in [3.8, 4) is 11.5 Å². The highest BCUT2D eigenvalue weighted by atomic mass is 16.5. The monoisotopic (exact) mass is 352 g/mol. The molecule has 2 aliphatic rings. The van der Waals surface area contributed by atoms with E-state index in [1.54, 1.807) is 14.0 Å². The second kappa shape index (κ2) is 6.71. The van der Waals surface area contributed by atoms with Gasteiger partial charge in [-0.05, 0) is 36.8 Å². The summed E-state index contributed by atoms with van der Waals surface area (Å²) in [5.74, 6) is 1.21. The van der Waals surface area contributed by atoms with E-state index in [4.69, 9.17) is 14.2 Å². The fourth-order valence-electron chi connectivity index (χ4n) is 3.38. The molecule has 6 heteroatoms. The third-order valence-electron chi connectivity index (χ3n) is 4.62. The van der Waals surface area contributed by atoms with E-state index in [0.29, 0.717) is 19.0 Å². The van der Waals surface area contributed by atoms with Crippen LogP contribution in [0.4, 0.5) is 5.69 Å². The summed E-state index contributed by atoms with van der Waals surface area (Å²) in [4.78, 5) is 18.9. The van der Waals surface area contributed by atoms with Gasteiger partial charge in [0.2, 0.25) is 0 Å². The Morgan fingerprint density at radius 1 is 1.23 bits per heavy atom. The van der Waals surface area contributed by atoms with E-state index >= 15 is 0 Å². The molecule has 0 saturated heterocycles. The molecule has 0 N–H and O–H groups in total. The molecular weight excluding hydrogens is 332 g/mol. The normalized spacial score (nSPS) is 20.5. The van der Waals surface area contributed by atoms with Gasteiger partial charge < -0.3 is 14.2 Å². The van der Waals surface area contributed by atoms with Gasteiger partial charge in [0, 0.05) is 6.42 Å². The summed E-state index contributed by atoms with van der Waals surface area (Å²) in [7, 11) is 1.64. The molecule has 0 bridgehead atoms. The molecule has 0 unspecified atom stereocenters. The first kappa shape index (κ1) is 16.4. The molecule has 0 amide bonds. The maximum atomic E-state index is 12.3. The molecule has 0 saturated carbocycles. The van der Waals surface area contributed by atoms with Crippen LogP contribution in [0.25, 0.3) is 0 Å². The van der Waals surface area contributed by atoms with Crippen molar-refractivity contribution in [1.29, 1.82) is 0 Å². The van der Waals surface area contributed by atoms with Crippen LogP contribution < -0.4 is 14.4 Å². The molecule has 2 heterocycles. The van der Waals surface area contributed by atoms with Gasteiger partial charge >= 0.3 is 5.97 Å². The largest absolute Gasteiger partial charge is 0.497 e. The summed E-state index contributed by atoms with van der Waals surface area (Å²) in [5.41, 5.74) is 2.02. The van der Waals surface area contributed by atoms with Crippen LogP contribution in [0.5, 0.6) is 11.5 Å². The van der Waals surface area contributed by atoms with Crippen LogP contribution in [0.3, 0.4) is 0 Å². The number of hydrogen-bond donors (Lipinski definition) is 0. The van der Waals surface area contributed by atoms with Gasteiger partial charge in [0.1, 0.15) is 5.75 Å². The molecular formula is C20H20N2O4. The van der Waals surface area contributed by atoms with Crippen LogP contribution in [-0.2, 0) is 9.53 Å². The van der Waals surface area contributed by atoms with E-state index in [0.717, 1.165) is 22.7 Å². The third-order valence-corrected chi connectivity index (χ3v) is 4.62. The number of para-hydroxylation sites is 2. The maximum Gasteiger partial charge on any atom is 0.331 e.